The zero-order chi connectivity index (χ0) is 14.5. The van der Waals surface area contributed by atoms with Crippen molar-refractivity contribution in [3.05, 3.63) is 0 Å². The third-order valence-electron chi connectivity index (χ3n) is 5.00. The number of carboxylic acids is 1. The fourth-order valence-corrected chi connectivity index (χ4v) is 3.25. The maximum absolute atomic E-state index is 13.5. The molecule has 2 N–H and O–H groups in total. The SMILES string of the molecule is C[C@@H]1C[C@H]1NCC1(CN2CC(F)(F)C[C@H]2C(=O)O)CC1. The van der Waals surface area contributed by atoms with E-state index >= 15 is 0 Å². The van der Waals surface area contributed by atoms with Crippen molar-refractivity contribution in [2.24, 2.45) is 11.3 Å². The van der Waals surface area contributed by atoms with Crippen molar-refractivity contribution in [1.29, 1.82) is 0 Å². The molecular weight excluding hydrogens is 266 g/mol. The average Bonchev–Trinajstić information content (AvgIpc) is 3.20. The topological polar surface area (TPSA) is 52.6 Å². The van der Waals surface area contributed by atoms with E-state index in [0.717, 1.165) is 19.4 Å². The number of hydrogen-bond donors (Lipinski definition) is 2. The van der Waals surface area contributed by atoms with Crippen molar-refractivity contribution in [1.82, 2.24) is 10.2 Å². The van der Waals surface area contributed by atoms with Crippen LogP contribution in [0.4, 0.5) is 8.78 Å². The summed E-state index contributed by atoms with van der Waals surface area (Å²) in [6.07, 6.45) is 2.66. The molecule has 0 unspecified atom stereocenters. The minimum atomic E-state index is -2.86. The van der Waals surface area contributed by atoms with Gasteiger partial charge in [0.05, 0.1) is 6.54 Å². The predicted molar refractivity (Wildman–Crippen MR) is 69.8 cm³/mol. The summed E-state index contributed by atoms with van der Waals surface area (Å²) in [6.45, 7) is 3.09. The number of hydrogen-bond acceptors (Lipinski definition) is 3. The van der Waals surface area contributed by atoms with Gasteiger partial charge in [0.25, 0.3) is 5.92 Å². The zero-order valence-electron chi connectivity index (χ0n) is 11.7. The zero-order valence-corrected chi connectivity index (χ0v) is 11.7. The van der Waals surface area contributed by atoms with Gasteiger partial charge in [-0.2, -0.15) is 0 Å². The largest absolute Gasteiger partial charge is 0.480 e. The number of alkyl halides is 2. The normalized spacial score (nSPS) is 37.9. The summed E-state index contributed by atoms with van der Waals surface area (Å²) in [6, 6.07) is -0.454. The molecule has 3 atom stereocenters. The van der Waals surface area contributed by atoms with Gasteiger partial charge in [-0.25, -0.2) is 8.78 Å². The van der Waals surface area contributed by atoms with Crippen molar-refractivity contribution in [2.45, 2.75) is 50.6 Å². The van der Waals surface area contributed by atoms with E-state index in [1.807, 2.05) is 0 Å². The van der Waals surface area contributed by atoms with Gasteiger partial charge in [-0.3, -0.25) is 9.69 Å². The molecule has 0 aromatic heterocycles. The van der Waals surface area contributed by atoms with Crippen LogP contribution in [-0.2, 0) is 4.79 Å². The molecule has 3 rings (SSSR count). The number of likely N-dealkylation sites (tertiary alicyclic amines) is 1. The van der Waals surface area contributed by atoms with Gasteiger partial charge in [-0.05, 0) is 30.6 Å². The maximum Gasteiger partial charge on any atom is 0.321 e. The summed E-state index contributed by atoms with van der Waals surface area (Å²) < 4.78 is 26.9. The first-order chi connectivity index (χ1) is 9.30. The molecule has 1 saturated heterocycles. The number of nitrogens with zero attached hydrogens (tertiary/aromatic N) is 1. The summed E-state index contributed by atoms with van der Waals surface area (Å²) in [7, 11) is 0. The molecule has 0 bridgehead atoms. The van der Waals surface area contributed by atoms with E-state index in [4.69, 9.17) is 5.11 Å². The van der Waals surface area contributed by atoms with Gasteiger partial charge in [0.1, 0.15) is 6.04 Å². The molecule has 2 saturated carbocycles. The van der Waals surface area contributed by atoms with Gasteiger partial charge < -0.3 is 10.4 Å². The van der Waals surface area contributed by atoms with Gasteiger partial charge in [-0.1, -0.05) is 6.92 Å². The third kappa shape index (κ3) is 2.96. The molecule has 114 valence electrons. The first kappa shape index (κ1) is 14.2. The van der Waals surface area contributed by atoms with Crippen LogP contribution in [-0.4, -0.2) is 53.6 Å². The highest BCUT2D eigenvalue weighted by atomic mass is 19.3. The van der Waals surface area contributed by atoms with Crippen LogP contribution in [0, 0.1) is 11.3 Å². The minimum Gasteiger partial charge on any atom is -0.480 e. The molecule has 1 aliphatic heterocycles. The van der Waals surface area contributed by atoms with Crippen LogP contribution in [0.2, 0.25) is 0 Å². The van der Waals surface area contributed by atoms with Crippen LogP contribution in [0.3, 0.4) is 0 Å². The lowest BCUT2D eigenvalue weighted by molar-refractivity contribution is -0.142. The lowest BCUT2D eigenvalue weighted by Gasteiger charge is -2.26. The van der Waals surface area contributed by atoms with Gasteiger partial charge in [0, 0.05) is 25.6 Å². The monoisotopic (exact) mass is 288 g/mol. The van der Waals surface area contributed by atoms with Crippen LogP contribution in [0.5, 0.6) is 0 Å². The highest BCUT2D eigenvalue weighted by molar-refractivity contribution is 5.74. The quantitative estimate of drug-likeness (QED) is 0.779. The lowest BCUT2D eigenvalue weighted by atomic mass is 10.1. The summed E-state index contributed by atoms with van der Waals surface area (Å²) in [4.78, 5) is 12.6. The first-order valence-corrected chi connectivity index (χ1v) is 7.38. The summed E-state index contributed by atoms with van der Waals surface area (Å²) >= 11 is 0. The van der Waals surface area contributed by atoms with Gasteiger partial charge >= 0.3 is 5.97 Å². The number of rotatable bonds is 6. The second-order valence-corrected chi connectivity index (χ2v) is 7.02. The smallest absolute Gasteiger partial charge is 0.321 e. The van der Waals surface area contributed by atoms with Crippen LogP contribution >= 0.6 is 0 Å². The highest BCUT2D eigenvalue weighted by Gasteiger charge is 2.53. The van der Waals surface area contributed by atoms with Crippen molar-refractivity contribution < 1.29 is 18.7 Å². The fourth-order valence-electron chi connectivity index (χ4n) is 3.25. The average molecular weight is 288 g/mol. The Morgan fingerprint density at radius 3 is 2.60 bits per heavy atom. The first-order valence-electron chi connectivity index (χ1n) is 7.38. The van der Waals surface area contributed by atoms with E-state index in [1.165, 1.54) is 11.3 Å². The van der Waals surface area contributed by atoms with E-state index in [2.05, 4.69) is 12.2 Å². The molecule has 4 nitrogen and oxygen atoms in total. The Bertz CT molecular complexity index is 412. The van der Waals surface area contributed by atoms with Crippen LogP contribution in [0.1, 0.15) is 32.6 Å². The Kier molecular flexibility index (Phi) is 3.29. The van der Waals surface area contributed by atoms with Crippen molar-refractivity contribution in [2.75, 3.05) is 19.6 Å². The van der Waals surface area contributed by atoms with Crippen molar-refractivity contribution in [3.8, 4) is 0 Å². The number of aliphatic carboxylic acids is 1. The molecule has 0 radical (unpaired) electrons. The Balaban J connectivity index is 1.57. The Morgan fingerprint density at radius 1 is 1.45 bits per heavy atom. The Labute approximate surface area is 117 Å². The van der Waals surface area contributed by atoms with Gasteiger partial charge in [0.2, 0.25) is 0 Å². The molecule has 0 aromatic carbocycles. The molecule has 0 spiro atoms. The molecule has 2 aliphatic carbocycles. The summed E-state index contributed by atoms with van der Waals surface area (Å²) in [5.74, 6) is -3.27. The number of nitrogens with one attached hydrogen (secondary N) is 1. The van der Waals surface area contributed by atoms with E-state index in [1.54, 1.807) is 0 Å². The minimum absolute atomic E-state index is 0.0242. The molecule has 1 heterocycles. The maximum atomic E-state index is 13.5. The molecule has 0 aromatic rings. The second-order valence-electron chi connectivity index (χ2n) is 7.02. The lowest BCUT2D eigenvalue weighted by Crippen LogP contribution is -2.42. The van der Waals surface area contributed by atoms with Crippen LogP contribution in [0.15, 0.2) is 0 Å². The predicted octanol–water partition coefficient (Wildman–Crippen LogP) is 1.56. The van der Waals surface area contributed by atoms with Crippen LogP contribution in [0.25, 0.3) is 0 Å². The van der Waals surface area contributed by atoms with E-state index in [0.29, 0.717) is 18.5 Å². The number of halogens is 2. The Hall–Kier alpha value is -0.750. The summed E-state index contributed by atoms with van der Waals surface area (Å²) in [5, 5.41) is 12.6. The number of carbonyl (C=O) groups is 1. The molecule has 0 amide bonds. The number of carboxylic acid groups (broad SMARTS) is 1. The summed E-state index contributed by atoms with van der Waals surface area (Å²) in [5.41, 5.74) is 0.0242. The van der Waals surface area contributed by atoms with Gasteiger partial charge in [0.15, 0.2) is 0 Å². The van der Waals surface area contributed by atoms with Crippen molar-refractivity contribution >= 4 is 5.97 Å². The van der Waals surface area contributed by atoms with E-state index in [9.17, 15) is 13.6 Å². The van der Waals surface area contributed by atoms with Crippen LogP contribution < -0.4 is 5.32 Å². The fraction of sp³-hybridized carbons (Fsp3) is 0.929. The Morgan fingerprint density at radius 2 is 2.10 bits per heavy atom. The standard InChI is InChI=1S/C14H22F2N2O2/c1-9-4-10(9)17-6-13(2-3-13)7-18-8-14(15,16)5-11(18)12(19)20/h9-11,17H,2-8H2,1H3,(H,19,20)/t9-,10-,11+/m1/s1. The molecule has 3 fully saturated rings. The highest BCUT2D eigenvalue weighted by Crippen LogP contribution is 2.48. The molecule has 6 heteroatoms. The second kappa shape index (κ2) is 4.63. The van der Waals surface area contributed by atoms with Crippen molar-refractivity contribution in [3.63, 3.8) is 0 Å². The molecule has 20 heavy (non-hydrogen) atoms. The molecule has 3 aliphatic rings. The van der Waals surface area contributed by atoms with E-state index < -0.39 is 30.9 Å². The van der Waals surface area contributed by atoms with E-state index in [-0.39, 0.29) is 5.41 Å². The third-order valence-corrected chi connectivity index (χ3v) is 5.00. The van der Waals surface area contributed by atoms with Gasteiger partial charge in [-0.15, -0.1) is 0 Å². The molecular formula is C14H22F2N2O2.